The lowest BCUT2D eigenvalue weighted by atomic mass is 9.83. The van der Waals surface area contributed by atoms with Gasteiger partial charge in [-0.05, 0) is 6.32 Å². The van der Waals surface area contributed by atoms with E-state index in [-0.39, 0.29) is 0 Å². The van der Waals surface area contributed by atoms with E-state index in [9.17, 15) is 0 Å². The first-order valence-corrected chi connectivity index (χ1v) is 3.75. The van der Waals surface area contributed by atoms with Crippen LogP contribution in [-0.4, -0.2) is 12.1 Å². The minimum absolute atomic E-state index is 0.649. The van der Waals surface area contributed by atoms with Crippen LogP contribution in [-0.2, 0) is 4.65 Å². The van der Waals surface area contributed by atoms with E-state index in [1.807, 2.05) is 0 Å². The van der Waals surface area contributed by atoms with Crippen molar-refractivity contribution < 1.29 is 9.68 Å². The molecule has 3 heteroatoms. The van der Waals surface area contributed by atoms with Crippen LogP contribution in [0.15, 0.2) is 12.8 Å². The summed E-state index contributed by atoms with van der Waals surface area (Å²) >= 11 is 0. The van der Waals surface area contributed by atoms with Crippen LogP contribution in [0.1, 0.15) is 26.2 Å². The third kappa shape index (κ3) is 5.70. The molecule has 0 fully saturated rings. The van der Waals surface area contributed by atoms with Gasteiger partial charge >= 0.3 is 7.12 Å². The molecule has 10 heavy (non-hydrogen) atoms. The van der Waals surface area contributed by atoms with Gasteiger partial charge in [-0.1, -0.05) is 32.8 Å². The molecule has 2 nitrogen and oxygen atoms in total. The fraction of sp³-hybridized carbons (Fsp3) is 0.714. The van der Waals surface area contributed by atoms with Gasteiger partial charge in [-0.15, -0.1) is 0 Å². The highest BCUT2D eigenvalue weighted by Crippen LogP contribution is 2.02. The highest BCUT2D eigenvalue weighted by molar-refractivity contribution is 6.42. The Kier molecular flexibility index (Phi) is 6.39. The third-order valence-electron chi connectivity index (χ3n) is 1.31. The molecule has 0 aliphatic carbocycles. The predicted octanol–water partition coefficient (Wildman–Crippen LogP) is 1.82. The average molecular weight is 142 g/mol. The molecular weight excluding hydrogens is 127 g/mol. The van der Waals surface area contributed by atoms with Crippen LogP contribution in [0.5, 0.6) is 0 Å². The molecule has 1 N–H and O–H groups in total. The van der Waals surface area contributed by atoms with Crippen LogP contribution in [0.25, 0.3) is 0 Å². The number of unbranched alkanes of at least 4 members (excludes halogenated alkanes) is 2. The van der Waals surface area contributed by atoms with Gasteiger partial charge in [0, 0.05) is 0 Å². The van der Waals surface area contributed by atoms with Gasteiger partial charge in [0.15, 0.2) is 0 Å². The molecule has 0 bridgehead atoms. The SMILES string of the molecule is C=COB(O)CCCCC. The molecule has 0 aliphatic rings. The van der Waals surface area contributed by atoms with E-state index in [0.717, 1.165) is 12.8 Å². The molecule has 0 rings (SSSR count). The Labute approximate surface area is 63.0 Å². The van der Waals surface area contributed by atoms with E-state index < -0.39 is 7.12 Å². The van der Waals surface area contributed by atoms with Crippen LogP contribution in [0.2, 0.25) is 6.32 Å². The standard InChI is InChI=1S/C7H15BO2/c1-3-5-6-7-8(9)10-4-2/h4,9H,2-3,5-7H2,1H3. The predicted molar refractivity (Wildman–Crippen MR) is 43.6 cm³/mol. The fourth-order valence-electron chi connectivity index (χ4n) is 0.748. The van der Waals surface area contributed by atoms with Crippen molar-refractivity contribution in [1.29, 1.82) is 0 Å². The second-order valence-corrected chi connectivity index (χ2v) is 2.25. The largest absolute Gasteiger partial charge is 0.543 e. The van der Waals surface area contributed by atoms with Gasteiger partial charge in [0.25, 0.3) is 0 Å². The zero-order valence-corrected chi connectivity index (χ0v) is 6.55. The molecule has 0 atom stereocenters. The van der Waals surface area contributed by atoms with Crippen molar-refractivity contribution in [3.05, 3.63) is 12.8 Å². The number of hydrogen-bond acceptors (Lipinski definition) is 2. The van der Waals surface area contributed by atoms with Gasteiger partial charge in [0.05, 0.1) is 6.26 Å². The van der Waals surface area contributed by atoms with Crippen LogP contribution >= 0.6 is 0 Å². The van der Waals surface area contributed by atoms with Crippen molar-refractivity contribution in [2.24, 2.45) is 0 Å². The molecule has 0 saturated carbocycles. The van der Waals surface area contributed by atoms with Gasteiger partial charge in [0.2, 0.25) is 0 Å². The van der Waals surface area contributed by atoms with E-state index in [1.165, 1.54) is 12.7 Å². The highest BCUT2D eigenvalue weighted by atomic mass is 16.5. The van der Waals surface area contributed by atoms with Gasteiger partial charge in [-0.2, -0.15) is 0 Å². The lowest BCUT2D eigenvalue weighted by Gasteiger charge is -2.02. The summed E-state index contributed by atoms with van der Waals surface area (Å²) in [4.78, 5) is 0. The molecule has 0 spiro atoms. The summed E-state index contributed by atoms with van der Waals surface area (Å²) in [6, 6.07) is 0. The third-order valence-corrected chi connectivity index (χ3v) is 1.31. The quantitative estimate of drug-likeness (QED) is 0.348. The van der Waals surface area contributed by atoms with E-state index in [1.54, 1.807) is 0 Å². The van der Waals surface area contributed by atoms with Crippen LogP contribution < -0.4 is 0 Å². The number of rotatable bonds is 6. The Morgan fingerprint density at radius 3 is 2.80 bits per heavy atom. The van der Waals surface area contributed by atoms with Gasteiger partial charge < -0.3 is 9.68 Å². The summed E-state index contributed by atoms with van der Waals surface area (Å²) in [5.74, 6) is 0. The van der Waals surface area contributed by atoms with Crippen LogP contribution in [0, 0.1) is 0 Å². The summed E-state index contributed by atoms with van der Waals surface area (Å²) in [7, 11) is -0.649. The molecule has 0 aliphatic heterocycles. The Bertz CT molecular complexity index is 85.7. The molecule has 0 unspecified atom stereocenters. The normalized spacial score (nSPS) is 9.00. The Morgan fingerprint density at radius 2 is 2.30 bits per heavy atom. The first kappa shape index (κ1) is 9.56. The van der Waals surface area contributed by atoms with Crippen molar-refractivity contribution in [3.63, 3.8) is 0 Å². The molecule has 0 heterocycles. The van der Waals surface area contributed by atoms with E-state index in [4.69, 9.17) is 9.68 Å². The smallest absolute Gasteiger partial charge is 0.522 e. The van der Waals surface area contributed by atoms with Crippen molar-refractivity contribution in [2.75, 3.05) is 0 Å². The summed E-state index contributed by atoms with van der Waals surface area (Å²) in [5.41, 5.74) is 0. The molecule has 0 saturated heterocycles. The molecule has 0 aromatic rings. The molecular formula is C7H15BO2. The van der Waals surface area contributed by atoms with Gasteiger partial charge in [-0.3, -0.25) is 0 Å². The van der Waals surface area contributed by atoms with Crippen molar-refractivity contribution in [2.45, 2.75) is 32.5 Å². The van der Waals surface area contributed by atoms with E-state index >= 15 is 0 Å². The zero-order valence-electron chi connectivity index (χ0n) is 6.55. The van der Waals surface area contributed by atoms with Crippen molar-refractivity contribution in [1.82, 2.24) is 0 Å². The van der Waals surface area contributed by atoms with Gasteiger partial charge in [0.1, 0.15) is 0 Å². The van der Waals surface area contributed by atoms with Crippen molar-refractivity contribution in [3.8, 4) is 0 Å². The van der Waals surface area contributed by atoms with Crippen LogP contribution in [0.3, 0.4) is 0 Å². The van der Waals surface area contributed by atoms with E-state index in [0.29, 0.717) is 6.32 Å². The minimum atomic E-state index is -0.649. The molecule has 0 aromatic heterocycles. The Morgan fingerprint density at radius 1 is 1.60 bits per heavy atom. The maximum absolute atomic E-state index is 8.98. The van der Waals surface area contributed by atoms with E-state index in [2.05, 4.69) is 13.5 Å². The molecule has 0 amide bonds. The summed E-state index contributed by atoms with van der Waals surface area (Å²) in [6.07, 6.45) is 5.32. The molecule has 0 radical (unpaired) electrons. The Hall–Kier alpha value is -0.435. The number of hydrogen-bond donors (Lipinski definition) is 1. The fourth-order valence-corrected chi connectivity index (χ4v) is 0.748. The maximum atomic E-state index is 8.98. The zero-order chi connectivity index (χ0) is 7.82. The van der Waals surface area contributed by atoms with Crippen LogP contribution in [0.4, 0.5) is 0 Å². The van der Waals surface area contributed by atoms with Gasteiger partial charge in [-0.25, -0.2) is 0 Å². The summed E-state index contributed by atoms with van der Waals surface area (Å²) < 4.78 is 4.71. The Balaban J connectivity index is 3.04. The second-order valence-electron chi connectivity index (χ2n) is 2.25. The first-order chi connectivity index (χ1) is 4.81. The first-order valence-electron chi connectivity index (χ1n) is 3.75. The monoisotopic (exact) mass is 142 g/mol. The second kappa shape index (κ2) is 6.68. The molecule has 58 valence electrons. The maximum Gasteiger partial charge on any atom is 0.522 e. The molecule has 0 aromatic carbocycles. The minimum Gasteiger partial charge on any atom is -0.543 e. The lowest BCUT2D eigenvalue weighted by Crippen LogP contribution is -2.13. The lowest BCUT2D eigenvalue weighted by molar-refractivity contribution is 0.367. The average Bonchev–Trinajstić information content (AvgIpc) is 1.89. The highest BCUT2D eigenvalue weighted by Gasteiger charge is 2.10. The van der Waals surface area contributed by atoms with Crippen molar-refractivity contribution >= 4 is 7.12 Å². The summed E-state index contributed by atoms with van der Waals surface area (Å²) in [6.45, 7) is 5.47. The topological polar surface area (TPSA) is 29.5 Å². The summed E-state index contributed by atoms with van der Waals surface area (Å²) in [5, 5.41) is 8.98.